The number of likely N-dealkylation sites (tertiary alicyclic amines) is 1. The van der Waals surface area contributed by atoms with Crippen LogP contribution in [0.2, 0.25) is 0 Å². The van der Waals surface area contributed by atoms with E-state index in [2.05, 4.69) is 34.3 Å². The van der Waals surface area contributed by atoms with E-state index < -0.39 is 0 Å². The summed E-state index contributed by atoms with van der Waals surface area (Å²) in [4.78, 5) is 20.2. The number of carbonyl (C=O) groups excluding carboxylic acids is 1. The average Bonchev–Trinajstić information content (AvgIpc) is 3.04. The van der Waals surface area contributed by atoms with Gasteiger partial charge in [0, 0.05) is 25.7 Å². The Labute approximate surface area is 159 Å². The number of nitrogens with one attached hydrogen (secondary N) is 1. The minimum Gasteiger partial charge on any atom is -0.497 e. The Morgan fingerprint density at radius 1 is 1.38 bits per heavy atom. The molecule has 0 unspecified atom stereocenters. The molecule has 0 bridgehead atoms. The second kappa shape index (κ2) is 8.64. The Balaban J connectivity index is 1.50. The smallest absolute Gasteiger partial charge is 0.263 e. The summed E-state index contributed by atoms with van der Waals surface area (Å²) in [6.07, 6.45) is 2.84. The minimum atomic E-state index is 0.0333. The lowest BCUT2D eigenvalue weighted by molar-refractivity contribution is 0.0912. The summed E-state index contributed by atoms with van der Waals surface area (Å²) in [6, 6.07) is 8.47. The van der Waals surface area contributed by atoms with Gasteiger partial charge in [-0.05, 0) is 43.9 Å². The maximum absolute atomic E-state index is 12.5. The number of aryl methyl sites for hydroxylation is 2. The third-order valence-electron chi connectivity index (χ3n) is 4.81. The number of benzene rings is 1. The van der Waals surface area contributed by atoms with Crippen LogP contribution in [0, 0.1) is 6.92 Å². The molecule has 1 saturated heterocycles. The van der Waals surface area contributed by atoms with Gasteiger partial charge < -0.3 is 10.1 Å². The molecule has 0 atom stereocenters. The summed E-state index contributed by atoms with van der Waals surface area (Å²) in [7, 11) is 1.70. The third kappa shape index (κ3) is 4.62. The van der Waals surface area contributed by atoms with Crippen LogP contribution < -0.4 is 10.1 Å². The van der Waals surface area contributed by atoms with Gasteiger partial charge in [0.05, 0.1) is 17.8 Å². The molecule has 26 heavy (non-hydrogen) atoms. The number of amides is 1. The highest BCUT2D eigenvalue weighted by Gasteiger charge is 2.23. The maximum Gasteiger partial charge on any atom is 0.263 e. The number of piperidine rings is 1. The van der Waals surface area contributed by atoms with Gasteiger partial charge >= 0.3 is 0 Å². The van der Waals surface area contributed by atoms with Crippen LogP contribution in [-0.2, 0) is 13.0 Å². The molecular weight excluding hydrogens is 346 g/mol. The first-order chi connectivity index (χ1) is 12.6. The quantitative estimate of drug-likeness (QED) is 0.843. The van der Waals surface area contributed by atoms with E-state index in [9.17, 15) is 4.79 Å². The molecule has 0 radical (unpaired) electrons. The molecule has 0 saturated carbocycles. The van der Waals surface area contributed by atoms with Gasteiger partial charge in [0.2, 0.25) is 0 Å². The van der Waals surface area contributed by atoms with Gasteiger partial charge in [-0.1, -0.05) is 19.1 Å². The molecule has 1 aliphatic rings. The molecule has 0 spiro atoms. The van der Waals surface area contributed by atoms with Crippen LogP contribution in [0.5, 0.6) is 5.75 Å². The number of aromatic nitrogens is 1. The first-order valence-electron chi connectivity index (χ1n) is 9.21. The number of methoxy groups -OCH3 is 1. The zero-order valence-electron chi connectivity index (χ0n) is 15.7. The highest BCUT2D eigenvalue weighted by atomic mass is 32.1. The van der Waals surface area contributed by atoms with E-state index >= 15 is 0 Å². The van der Waals surface area contributed by atoms with Gasteiger partial charge in [-0.25, -0.2) is 4.98 Å². The molecule has 6 heteroatoms. The van der Waals surface area contributed by atoms with E-state index in [0.29, 0.717) is 0 Å². The molecule has 1 amide bonds. The summed E-state index contributed by atoms with van der Waals surface area (Å²) in [5, 5.41) is 4.23. The van der Waals surface area contributed by atoms with Crippen LogP contribution in [0.15, 0.2) is 24.3 Å². The first kappa shape index (κ1) is 18.9. The van der Waals surface area contributed by atoms with Gasteiger partial charge in [-0.2, -0.15) is 0 Å². The van der Waals surface area contributed by atoms with Gasteiger partial charge in [-0.3, -0.25) is 9.69 Å². The van der Waals surface area contributed by atoms with Crippen molar-refractivity contribution in [2.75, 3.05) is 20.2 Å². The van der Waals surface area contributed by atoms with E-state index in [1.807, 2.05) is 19.1 Å². The van der Waals surface area contributed by atoms with Crippen molar-refractivity contribution in [1.29, 1.82) is 0 Å². The van der Waals surface area contributed by atoms with Crippen molar-refractivity contribution in [2.45, 2.75) is 45.7 Å². The Kier molecular flexibility index (Phi) is 6.27. The Morgan fingerprint density at radius 2 is 2.15 bits per heavy atom. The third-order valence-corrected chi connectivity index (χ3v) is 6.11. The molecule has 5 nitrogen and oxygen atoms in total. The molecule has 1 aromatic heterocycles. The summed E-state index contributed by atoms with van der Waals surface area (Å²) in [6.45, 7) is 6.89. The minimum absolute atomic E-state index is 0.0333. The van der Waals surface area contributed by atoms with Crippen LogP contribution >= 0.6 is 11.3 Å². The van der Waals surface area contributed by atoms with Crippen LogP contribution in [-0.4, -0.2) is 42.0 Å². The summed E-state index contributed by atoms with van der Waals surface area (Å²) < 4.78 is 5.30. The predicted octanol–water partition coefficient (Wildman–Crippen LogP) is 3.42. The van der Waals surface area contributed by atoms with Crippen LogP contribution in [0.25, 0.3) is 0 Å². The standard InChI is InChI=1S/C20H27N3O2S/c1-4-18-21-14(2)19(26-18)20(24)22-16-8-10-23(11-9-16)13-15-6-5-7-17(12-15)25-3/h5-7,12,16H,4,8-11,13H2,1-3H3,(H,22,24). The fraction of sp³-hybridized carbons (Fsp3) is 0.500. The lowest BCUT2D eigenvalue weighted by Crippen LogP contribution is -2.44. The molecule has 1 aromatic carbocycles. The Bertz CT molecular complexity index is 751. The van der Waals surface area contributed by atoms with Gasteiger partial charge in [-0.15, -0.1) is 11.3 Å². The Hall–Kier alpha value is -1.92. The SMILES string of the molecule is CCc1nc(C)c(C(=O)NC2CCN(Cc3cccc(OC)c3)CC2)s1. The number of thiazole rings is 1. The van der Waals surface area contributed by atoms with E-state index in [0.717, 1.165) is 60.2 Å². The fourth-order valence-electron chi connectivity index (χ4n) is 3.33. The van der Waals surface area contributed by atoms with Crippen molar-refractivity contribution in [3.05, 3.63) is 45.4 Å². The summed E-state index contributed by atoms with van der Waals surface area (Å²) in [5.41, 5.74) is 2.11. The van der Waals surface area contributed by atoms with Crippen molar-refractivity contribution >= 4 is 17.2 Å². The summed E-state index contributed by atoms with van der Waals surface area (Å²) >= 11 is 1.52. The van der Waals surface area contributed by atoms with Crippen LogP contribution in [0.4, 0.5) is 0 Å². The second-order valence-corrected chi connectivity index (χ2v) is 7.83. The van der Waals surface area contributed by atoms with E-state index in [1.165, 1.54) is 16.9 Å². The number of hydrogen-bond acceptors (Lipinski definition) is 5. The van der Waals surface area contributed by atoms with E-state index in [-0.39, 0.29) is 11.9 Å². The molecule has 1 aliphatic heterocycles. The molecule has 140 valence electrons. The highest BCUT2D eigenvalue weighted by molar-refractivity contribution is 7.13. The largest absolute Gasteiger partial charge is 0.497 e. The second-order valence-electron chi connectivity index (χ2n) is 6.75. The molecule has 2 heterocycles. The Morgan fingerprint density at radius 3 is 2.81 bits per heavy atom. The molecule has 2 aromatic rings. The zero-order chi connectivity index (χ0) is 18.5. The number of ether oxygens (including phenoxy) is 1. The van der Waals surface area contributed by atoms with Crippen molar-refractivity contribution in [2.24, 2.45) is 0 Å². The number of nitrogens with zero attached hydrogens (tertiary/aromatic N) is 2. The van der Waals surface area contributed by atoms with Crippen molar-refractivity contribution < 1.29 is 9.53 Å². The predicted molar refractivity (Wildman–Crippen MR) is 105 cm³/mol. The van der Waals surface area contributed by atoms with Gasteiger partial charge in [0.25, 0.3) is 5.91 Å². The van der Waals surface area contributed by atoms with Crippen molar-refractivity contribution in [3.8, 4) is 5.75 Å². The van der Waals surface area contributed by atoms with E-state index in [4.69, 9.17) is 4.74 Å². The fourth-order valence-corrected chi connectivity index (χ4v) is 4.24. The number of hydrogen-bond donors (Lipinski definition) is 1. The summed E-state index contributed by atoms with van der Waals surface area (Å²) in [5.74, 6) is 0.932. The van der Waals surface area contributed by atoms with Gasteiger partial charge in [0.15, 0.2) is 0 Å². The average molecular weight is 374 g/mol. The molecule has 3 rings (SSSR count). The lowest BCUT2D eigenvalue weighted by atomic mass is 10.0. The molecule has 0 aliphatic carbocycles. The topological polar surface area (TPSA) is 54.5 Å². The molecular formula is C20H27N3O2S. The highest BCUT2D eigenvalue weighted by Crippen LogP contribution is 2.21. The van der Waals surface area contributed by atoms with Crippen molar-refractivity contribution in [1.82, 2.24) is 15.2 Å². The lowest BCUT2D eigenvalue weighted by Gasteiger charge is -2.32. The van der Waals surface area contributed by atoms with Gasteiger partial charge in [0.1, 0.15) is 10.6 Å². The normalized spacial score (nSPS) is 15.8. The van der Waals surface area contributed by atoms with Crippen LogP contribution in [0.3, 0.4) is 0 Å². The number of rotatable bonds is 6. The molecule has 1 N–H and O–H groups in total. The van der Waals surface area contributed by atoms with E-state index in [1.54, 1.807) is 7.11 Å². The molecule has 1 fully saturated rings. The number of carbonyl (C=O) groups is 1. The maximum atomic E-state index is 12.5. The van der Waals surface area contributed by atoms with Crippen LogP contribution in [0.1, 0.15) is 45.7 Å². The zero-order valence-corrected chi connectivity index (χ0v) is 16.6. The van der Waals surface area contributed by atoms with Crippen molar-refractivity contribution in [3.63, 3.8) is 0 Å². The monoisotopic (exact) mass is 373 g/mol. The first-order valence-corrected chi connectivity index (χ1v) is 10.0.